The van der Waals surface area contributed by atoms with Crippen LogP contribution in [-0.4, -0.2) is 22.5 Å². The van der Waals surface area contributed by atoms with Crippen LogP contribution in [0.4, 0.5) is 0 Å². The quantitative estimate of drug-likeness (QED) is 0.843. The summed E-state index contributed by atoms with van der Waals surface area (Å²) in [4.78, 5) is 12.6. The number of nitrogens with one attached hydrogen (secondary N) is 2. The third-order valence-corrected chi connectivity index (χ3v) is 3.47. The van der Waals surface area contributed by atoms with Crippen molar-refractivity contribution in [2.24, 2.45) is 4.99 Å². The predicted octanol–water partition coefficient (Wildman–Crippen LogP) is 2.02. The maximum atomic E-state index is 9.47. The molecule has 24 heavy (non-hydrogen) atoms. The maximum absolute atomic E-state index is 9.47. The van der Waals surface area contributed by atoms with Gasteiger partial charge < -0.3 is 10.6 Å². The monoisotopic (exact) mass is 316 g/mol. The molecule has 0 unspecified atom stereocenters. The zero-order valence-corrected chi connectivity index (χ0v) is 13.0. The maximum Gasteiger partial charge on any atom is 0.199 e. The standard InChI is InChI=1S/C18H16N6/c19-12-16(15-4-8-20-9-5-15)17-6-11-23-18(24-17)22-10-3-14-2-1-7-21-13-14/h1-2,4-9,11,13H,3,10H2,(H2,22,23,24)/b17-16+. The molecule has 1 aliphatic rings. The molecule has 6 nitrogen and oxygen atoms in total. The average Bonchev–Trinajstić information content (AvgIpc) is 2.65. The summed E-state index contributed by atoms with van der Waals surface area (Å²) < 4.78 is 0. The van der Waals surface area contributed by atoms with Crippen LogP contribution in [0.2, 0.25) is 0 Å². The van der Waals surface area contributed by atoms with Crippen molar-refractivity contribution in [1.29, 1.82) is 5.26 Å². The van der Waals surface area contributed by atoms with Crippen LogP contribution in [0.1, 0.15) is 11.1 Å². The number of allylic oxidation sites excluding steroid dienone is 2. The van der Waals surface area contributed by atoms with Gasteiger partial charge in [0.15, 0.2) is 5.96 Å². The van der Waals surface area contributed by atoms with E-state index in [1.54, 1.807) is 24.8 Å². The number of nitrogens with zero attached hydrogens (tertiary/aromatic N) is 4. The van der Waals surface area contributed by atoms with E-state index in [1.165, 1.54) is 0 Å². The van der Waals surface area contributed by atoms with E-state index < -0.39 is 0 Å². The molecule has 118 valence electrons. The lowest BCUT2D eigenvalue weighted by Crippen LogP contribution is -2.37. The van der Waals surface area contributed by atoms with E-state index in [0.717, 1.165) is 17.5 Å². The second-order valence-electron chi connectivity index (χ2n) is 5.08. The Hall–Kier alpha value is -3.46. The minimum atomic E-state index is 0.551. The number of aliphatic imine (C=N–C) groups is 1. The first-order valence-corrected chi connectivity index (χ1v) is 7.55. The summed E-state index contributed by atoms with van der Waals surface area (Å²) in [6.07, 6.45) is 11.3. The van der Waals surface area contributed by atoms with Gasteiger partial charge in [0, 0.05) is 37.5 Å². The van der Waals surface area contributed by atoms with E-state index in [-0.39, 0.29) is 0 Å². The molecule has 0 aliphatic carbocycles. The third kappa shape index (κ3) is 3.84. The minimum Gasteiger partial charge on any atom is -0.333 e. The van der Waals surface area contributed by atoms with E-state index in [0.29, 0.717) is 23.8 Å². The van der Waals surface area contributed by atoms with Crippen LogP contribution in [0.5, 0.6) is 0 Å². The Morgan fingerprint density at radius 1 is 1.17 bits per heavy atom. The van der Waals surface area contributed by atoms with Gasteiger partial charge in [0.1, 0.15) is 6.07 Å². The Morgan fingerprint density at radius 3 is 2.79 bits per heavy atom. The molecule has 0 radical (unpaired) electrons. The van der Waals surface area contributed by atoms with Crippen LogP contribution >= 0.6 is 0 Å². The molecule has 0 fully saturated rings. The molecule has 1 aliphatic heterocycles. The van der Waals surface area contributed by atoms with E-state index in [9.17, 15) is 5.26 Å². The van der Waals surface area contributed by atoms with Crippen LogP contribution in [0.15, 0.2) is 72.0 Å². The van der Waals surface area contributed by atoms with Crippen molar-refractivity contribution in [1.82, 2.24) is 20.6 Å². The van der Waals surface area contributed by atoms with Crippen molar-refractivity contribution in [3.8, 4) is 6.07 Å². The summed E-state index contributed by atoms with van der Waals surface area (Å²) in [6.45, 7) is 0.624. The van der Waals surface area contributed by atoms with Gasteiger partial charge in [0.2, 0.25) is 0 Å². The highest BCUT2D eigenvalue weighted by atomic mass is 15.2. The largest absolute Gasteiger partial charge is 0.333 e. The normalized spacial score (nSPS) is 16.9. The summed E-state index contributed by atoms with van der Waals surface area (Å²) in [5.74, 6) is 0.623. The van der Waals surface area contributed by atoms with Gasteiger partial charge in [-0.2, -0.15) is 5.26 Å². The minimum absolute atomic E-state index is 0.551. The topological polar surface area (TPSA) is 86.0 Å². The molecule has 0 atom stereocenters. The molecular weight excluding hydrogens is 300 g/mol. The summed E-state index contributed by atoms with van der Waals surface area (Å²) in [5, 5.41) is 15.7. The summed E-state index contributed by atoms with van der Waals surface area (Å²) >= 11 is 0. The number of hydrogen-bond donors (Lipinski definition) is 2. The molecule has 2 aromatic rings. The van der Waals surface area contributed by atoms with Crippen molar-refractivity contribution >= 4 is 11.5 Å². The number of hydrogen-bond acceptors (Lipinski definition) is 4. The first kappa shape index (κ1) is 15.4. The highest BCUT2D eigenvalue weighted by Crippen LogP contribution is 2.17. The molecule has 2 aromatic heterocycles. The Kier molecular flexibility index (Phi) is 4.95. The van der Waals surface area contributed by atoms with Crippen molar-refractivity contribution < 1.29 is 0 Å². The lowest BCUT2D eigenvalue weighted by atomic mass is 10.1. The lowest BCUT2D eigenvalue weighted by Gasteiger charge is -2.17. The molecule has 2 N–H and O–H groups in total. The molecule has 6 heteroatoms. The van der Waals surface area contributed by atoms with Gasteiger partial charge in [-0.05, 0) is 41.8 Å². The Labute approximate surface area is 140 Å². The van der Waals surface area contributed by atoms with Crippen LogP contribution < -0.4 is 10.6 Å². The number of rotatable bonds is 4. The molecule has 3 heterocycles. The Morgan fingerprint density at radius 2 is 2.04 bits per heavy atom. The summed E-state index contributed by atoms with van der Waals surface area (Å²) in [7, 11) is 0. The molecule has 0 saturated carbocycles. The fourth-order valence-corrected chi connectivity index (χ4v) is 2.28. The second-order valence-corrected chi connectivity index (χ2v) is 5.08. The van der Waals surface area contributed by atoms with Crippen LogP contribution in [0, 0.1) is 11.3 Å². The van der Waals surface area contributed by atoms with Gasteiger partial charge in [-0.15, -0.1) is 0 Å². The van der Waals surface area contributed by atoms with E-state index in [1.807, 2.05) is 36.5 Å². The second kappa shape index (κ2) is 7.70. The molecule has 0 aromatic carbocycles. The van der Waals surface area contributed by atoms with Crippen molar-refractivity contribution in [3.63, 3.8) is 0 Å². The first-order valence-electron chi connectivity index (χ1n) is 7.55. The molecular formula is C18H16N6. The number of guanidine groups is 1. The molecule has 0 spiro atoms. The van der Waals surface area contributed by atoms with Crippen molar-refractivity contribution in [2.75, 3.05) is 6.54 Å². The van der Waals surface area contributed by atoms with E-state index >= 15 is 0 Å². The van der Waals surface area contributed by atoms with Crippen LogP contribution in [0.3, 0.4) is 0 Å². The first-order chi connectivity index (χ1) is 11.9. The average molecular weight is 316 g/mol. The predicted molar refractivity (Wildman–Crippen MR) is 92.4 cm³/mol. The zero-order chi connectivity index (χ0) is 16.6. The highest BCUT2D eigenvalue weighted by molar-refractivity contribution is 5.90. The Balaban J connectivity index is 1.73. The fourth-order valence-electron chi connectivity index (χ4n) is 2.28. The van der Waals surface area contributed by atoms with Gasteiger partial charge in [-0.1, -0.05) is 6.07 Å². The van der Waals surface area contributed by atoms with Gasteiger partial charge in [0.25, 0.3) is 0 Å². The molecule has 3 rings (SSSR count). The van der Waals surface area contributed by atoms with E-state index in [4.69, 9.17) is 0 Å². The lowest BCUT2D eigenvalue weighted by molar-refractivity contribution is 0.917. The zero-order valence-electron chi connectivity index (χ0n) is 13.0. The van der Waals surface area contributed by atoms with Crippen LogP contribution in [0.25, 0.3) is 5.57 Å². The number of nitriles is 1. The van der Waals surface area contributed by atoms with Gasteiger partial charge in [0.05, 0.1) is 11.3 Å². The smallest absolute Gasteiger partial charge is 0.199 e. The van der Waals surface area contributed by atoms with Crippen LogP contribution in [-0.2, 0) is 6.42 Å². The van der Waals surface area contributed by atoms with Gasteiger partial charge in [-0.3, -0.25) is 15.0 Å². The summed E-state index contributed by atoms with van der Waals surface area (Å²) in [6, 6.07) is 9.79. The molecule has 0 saturated heterocycles. The Bertz CT molecular complexity index is 816. The number of aromatic nitrogens is 2. The SMILES string of the molecule is N#C/C(=C1/C=CNC(=NCCc2cccnc2)N1)c1ccncc1. The van der Waals surface area contributed by atoms with Crippen molar-refractivity contribution in [2.45, 2.75) is 6.42 Å². The number of pyridine rings is 2. The highest BCUT2D eigenvalue weighted by Gasteiger charge is 2.11. The van der Waals surface area contributed by atoms with Crippen molar-refractivity contribution in [3.05, 3.63) is 78.2 Å². The molecule has 0 amide bonds. The fraction of sp³-hybridized carbons (Fsp3) is 0.111. The molecule has 0 bridgehead atoms. The van der Waals surface area contributed by atoms with E-state index in [2.05, 4.69) is 31.7 Å². The summed E-state index contributed by atoms with van der Waals surface area (Å²) in [5.41, 5.74) is 3.22. The van der Waals surface area contributed by atoms with Gasteiger partial charge >= 0.3 is 0 Å². The third-order valence-electron chi connectivity index (χ3n) is 3.47. The van der Waals surface area contributed by atoms with Gasteiger partial charge in [-0.25, -0.2) is 0 Å².